The summed E-state index contributed by atoms with van der Waals surface area (Å²) in [7, 11) is -4.89. The van der Waals surface area contributed by atoms with Crippen LogP contribution in [-0.4, -0.2) is 6.79 Å². The molecular weight excluding hydrogens is 395 g/mol. The average Bonchev–Trinajstić information content (AvgIpc) is 3.05. The minimum Gasteiger partial charge on any atom is -0.454 e. The van der Waals surface area contributed by atoms with Crippen LogP contribution in [0.15, 0.2) is 48.2 Å². The summed E-state index contributed by atoms with van der Waals surface area (Å²) in [5, 5.41) is 0. The third-order valence-corrected chi connectivity index (χ3v) is 4.61. The molecule has 0 aliphatic carbocycles. The lowest BCUT2D eigenvalue weighted by Gasteiger charge is -2.32. The summed E-state index contributed by atoms with van der Waals surface area (Å²) < 4.78 is 69.5. The van der Waals surface area contributed by atoms with Crippen LogP contribution >= 0.6 is 0 Å². The zero-order chi connectivity index (χ0) is 19.9. The molecule has 1 atom stereocenters. The number of fused-ring (bicyclic) bond motifs is 2. The smallest absolute Gasteiger partial charge is 0.408 e. The van der Waals surface area contributed by atoms with Gasteiger partial charge < -0.3 is 14.2 Å². The zero-order valence-corrected chi connectivity index (χ0v) is 15.3. The van der Waals surface area contributed by atoms with Crippen molar-refractivity contribution in [2.45, 2.75) is 12.7 Å². The van der Waals surface area contributed by atoms with E-state index < -0.39 is 21.8 Å². The molecule has 0 fully saturated rings. The molecular formula is C19H14ClFO7. The molecule has 0 bridgehead atoms. The molecule has 0 amide bonds. The zero-order valence-electron chi connectivity index (χ0n) is 14.5. The second kappa shape index (κ2) is 6.77. The number of ether oxygens (including phenoxy) is 3. The molecule has 0 saturated heterocycles. The van der Waals surface area contributed by atoms with Gasteiger partial charge in [-0.25, -0.2) is 4.39 Å². The molecule has 0 spiro atoms. The van der Waals surface area contributed by atoms with E-state index in [1.54, 1.807) is 25.1 Å². The summed E-state index contributed by atoms with van der Waals surface area (Å²) in [6.45, 7) is 1.57. The Kier molecular flexibility index (Phi) is 4.53. The van der Waals surface area contributed by atoms with Crippen molar-refractivity contribution in [2.75, 3.05) is 6.79 Å². The van der Waals surface area contributed by atoms with E-state index in [2.05, 4.69) is 0 Å². The van der Waals surface area contributed by atoms with Crippen molar-refractivity contribution in [3.8, 4) is 11.5 Å². The van der Waals surface area contributed by atoms with Gasteiger partial charge in [0.05, 0.1) is 21.6 Å². The Morgan fingerprint density at radius 2 is 1.86 bits per heavy atom. The lowest BCUT2D eigenvalue weighted by Crippen LogP contribution is -2.64. The maximum Gasteiger partial charge on any atom is 0.408 e. The summed E-state index contributed by atoms with van der Waals surface area (Å²) in [5.74, 6) is -1.60. The third kappa shape index (κ3) is 3.56. The Bertz CT molecular complexity index is 983. The predicted octanol–water partition coefficient (Wildman–Crippen LogP) is 0.726. The monoisotopic (exact) mass is 408 g/mol. The second-order valence-electron chi connectivity index (χ2n) is 6.13. The summed E-state index contributed by atoms with van der Waals surface area (Å²) >= 11 is 0. The molecule has 2 heterocycles. The number of rotatable bonds is 4. The molecule has 7 nitrogen and oxygen atoms in total. The maximum atomic E-state index is 14.0. The number of hydrogen-bond donors (Lipinski definition) is 0. The molecule has 4 rings (SSSR count). The van der Waals surface area contributed by atoms with Gasteiger partial charge in [0.15, 0.2) is 11.5 Å². The van der Waals surface area contributed by atoms with E-state index in [0.29, 0.717) is 17.1 Å². The van der Waals surface area contributed by atoms with Gasteiger partial charge in [0.1, 0.15) is 10.1 Å². The van der Waals surface area contributed by atoms with Crippen molar-refractivity contribution in [1.82, 2.24) is 0 Å². The van der Waals surface area contributed by atoms with Crippen LogP contribution in [0.5, 0.6) is 11.5 Å². The van der Waals surface area contributed by atoms with E-state index in [9.17, 15) is 18.4 Å². The fourth-order valence-electron chi connectivity index (χ4n) is 3.08. The minimum atomic E-state index is -4.89. The fourth-order valence-corrected chi connectivity index (χ4v) is 3.53. The Hall–Kier alpha value is -2.62. The Morgan fingerprint density at radius 3 is 2.57 bits per heavy atom. The van der Waals surface area contributed by atoms with Crippen LogP contribution in [0.1, 0.15) is 23.6 Å². The van der Waals surface area contributed by atoms with Crippen LogP contribution in [0.4, 0.5) is 4.39 Å². The molecule has 2 aromatic rings. The molecule has 0 saturated carbocycles. The van der Waals surface area contributed by atoms with Crippen molar-refractivity contribution in [3.63, 3.8) is 0 Å². The molecule has 2 aromatic carbocycles. The van der Waals surface area contributed by atoms with Gasteiger partial charge >= 0.3 is 5.79 Å². The van der Waals surface area contributed by atoms with Crippen LogP contribution in [0.3, 0.4) is 0 Å². The molecule has 1 unspecified atom stereocenters. The van der Waals surface area contributed by atoms with E-state index in [1.807, 2.05) is 0 Å². The van der Waals surface area contributed by atoms with E-state index in [0.717, 1.165) is 0 Å². The van der Waals surface area contributed by atoms with Gasteiger partial charge in [0.25, 0.3) is 0 Å². The first-order valence-electron chi connectivity index (χ1n) is 8.12. The van der Waals surface area contributed by atoms with Crippen molar-refractivity contribution < 1.29 is 47.1 Å². The average molecular weight is 409 g/mol. The summed E-state index contributed by atoms with van der Waals surface area (Å²) in [4.78, 5) is 0. The summed E-state index contributed by atoms with van der Waals surface area (Å²) in [6, 6.07) is 8.93. The first-order valence-corrected chi connectivity index (χ1v) is 9.36. The molecule has 2 aliphatic heterocycles. The molecule has 9 heteroatoms. The van der Waals surface area contributed by atoms with Gasteiger partial charge in [-0.15, -0.1) is 0 Å². The maximum absolute atomic E-state index is 14.0. The molecule has 0 aromatic heterocycles. The standard InChI is InChI=1S/C19H14ClFO7/c1-12-8-14-9-17-18(26-11-25-17)10-15(14)19(27-12,28-20(22,23)24)7-6-13-4-2-3-5-16(13)21/h2-10H,11H2,1H3. The second-order valence-corrected chi connectivity index (χ2v) is 7.04. The first kappa shape index (κ1) is 18.7. The van der Waals surface area contributed by atoms with Gasteiger partial charge in [-0.2, -0.15) is 14.0 Å². The number of allylic oxidation sites excluding steroid dienone is 1. The van der Waals surface area contributed by atoms with Crippen LogP contribution in [0.25, 0.3) is 12.2 Å². The molecule has 28 heavy (non-hydrogen) atoms. The van der Waals surface area contributed by atoms with Crippen LogP contribution < -0.4 is 23.5 Å². The van der Waals surface area contributed by atoms with Crippen molar-refractivity contribution in [3.05, 3.63) is 70.7 Å². The van der Waals surface area contributed by atoms with Crippen molar-refractivity contribution in [2.24, 2.45) is 0 Å². The first-order chi connectivity index (χ1) is 13.3. The van der Waals surface area contributed by atoms with Crippen LogP contribution in [-0.2, 0) is 14.8 Å². The van der Waals surface area contributed by atoms with Gasteiger partial charge in [-0.1, -0.05) is 18.2 Å². The number of halogens is 2. The Balaban J connectivity index is 1.87. The molecule has 0 radical (unpaired) electrons. The van der Waals surface area contributed by atoms with Crippen molar-refractivity contribution >= 4 is 12.2 Å². The SMILES string of the molecule is CC1=Cc2cc3c(cc2C(C=Cc2ccccc2F)(O[Cl+3]([O-])([O-])[O-])O1)OCO3. The van der Waals surface area contributed by atoms with Gasteiger partial charge in [0, 0.05) is 11.6 Å². The highest BCUT2D eigenvalue weighted by atomic mass is 35.7. The van der Waals surface area contributed by atoms with E-state index in [4.69, 9.17) is 18.5 Å². The molecule has 0 N–H and O–H groups in total. The topological polar surface area (TPSA) is 106 Å². The predicted molar refractivity (Wildman–Crippen MR) is 85.5 cm³/mol. The lowest BCUT2D eigenvalue weighted by molar-refractivity contribution is -1.92. The lowest BCUT2D eigenvalue weighted by atomic mass is 9.94. The molecule has 146 valence electrons. The van der Waals surface area contributed by atoms with Crippen LogP contribution in [0, 0.1) is 16.1 Å². The van der Waals surface area contributed by atoms with Gasteiger partial charge in [0.2, 0.25) is 6.79 Å². The normalized spacial score (nSPS) is 20.7. The van der Waals surface area contributed by atoms with E-state index in [1.165, 1.54) is 36.4 Å². The number of hydrogen-bond acceptors (Lipinski definition) is 7. The summed E-state index contributed by atoms with van der Waals surface area (Å²) in [6.07, 6.45) is 4.08. The fraction of sp³-hybridized carbons (Fsp3) is 0.158. The number of benzene rings is 2. The minimum absolute atomic E-state index is 0.00118. The molecule has 2 aliphatic rings. The van der Waals surface area contributed by atoms with Gasteiger partial charge in [-0.05, 0) is 42.8 Å². The van der Waals surface area contributed by atoms with E-state index in [-0.39, 0.29) is 23.7 Å². The van der Waals surface area contributed by atoms with Crippen molar-refractivity contribution in [1.29, 1.82) is 0 Å². The quantitative estimate of drug-likeness (QED) is 0.734. The highest BCUT2D eigenvalue weighted by Gasteiger charge is 2.52. The highest BCUT2D eigenvalue weighted by molar-refractivity contribution is 5.66. The third-order valence-electron chi connectivity index (χ3n) is 4.19. The van der Waals surface area contributed by atoms with Crippen LogP contribution in [0.2, 0.25) is 0 Å². The van der Waals surface area contributed by atoms with Gasteiger partial charge in [-0.3, -0.25) is 0 Å². The Morgan fingerprint density at radius 1 is 1.14 bits per heavy atom. The largest absolute Gasteiger partial charge is 0.454 e. The van der Waals surface area contributed by atoms with E-state index >= 15 is 0 Å². The summed E-state index contributed by atoms with van der Waals surface area (Å²) in [5.41, 5.74) is 0.857. The Labute approximate surface area is 161 Å². The highest BCUT2D eigenvalue weighted by Crippen LogP contribution is 2.46.